The van der Waals surface area contributed by atoms with Crippen LogP contribution in [0.1, 0.15) is 51.0 Å². The van der Waals surface area contributed by atoms with Gasteiger partial charge in [-0.2, -0.15) is 0 Å². The standard InChI is InChI=1S/C20H28BFO3/c1-2-3-4-5-6-10-15-25-20(21(23)24)14-13-18(16-19(20)22)17-11-8-7-9-12-17/h7-9,11-14,16,19,23-24H,2-6,10,15H2,1H3. The van der Waals surface area contributed by atoms with Crippen LogP contribution in [-0.4, -0.2) is 35.4 Å². The average Bonchev–Trinajstić information content (AvgIpc) is 2.62. The van der Waals surface area contributed by atoms with Crippen LogP contribution in [0.4, 0.5) is 4.39 Å². The van der Waals surface area contributed by atoms with Gasteiger partial charge in [-0.1, -0.05) is 81.5 Å². The summed E-state index contributed by atoms with van der Waals surface area (Å²) < 4.78 is 20.4. The lowest BCUT2D eigenvalue weighted by Gasteiger charge is -2.34. The van der Waals surface area contributed by atoms with E-state index in [4.69, 9.17) is 4.74 Å². The summed E-state index contributed by atoms with van der Waals surface area (Å²) in [5, 5.41) is 19.5. The summed E-state index contributed by atoms with van der Waals surface area (Å²) >= 11 is 0. The van der Waals surface area contributed by atoms with Crippen molar-refractivity contribution in [3.8, 4) is 0 Å². The molecular weight excluding hydrogens is 318 g/mol. The van der Waals surface area contributed by atoms with E-state index in [0.29, 0.717) is 12.2 Å². The van der Waals surface area contributed by atoms with Crippen LogP contribution in [-0.2, 0) is 4.74 Å². The molecule has 25 heavy (non-hydrogen) atoms. The van der Waals surface area contributed by atoms with Crippen molar-refractivity contribution in [1.29, 1.82) is 0 Å². The topological polar surface area (TPSA) is 49.7 Å². The van der Waals surface area contributed by atoms with Gasteiger partial charge >= 0.3 is 7.12 Å². The summed E-state index contributed by atoms with van der Waals surface area (Å²) in [4.78, 5) is 0. The second kappa shape index (κ2) is 9.90. The molecule has 0 amide bonds. The van der Waals surface area contributed by atoms with Crippen LogP contribution in [0.15, 0.2) is 48.6 Å². The average molecular weight is 346 g/mol. The maximum absolute atomic E-state index is 14.8. The maximum atomic E-state index is 14.8. The Kier molecular flexibility index (Phi) is 7.88. The van der Waals surface area contributed by atoms with Crippen molar-refractivity contribution in [2.45, 2.75) is 57.1 Å². The molecule has 136 valence electrons. The van der Waals surface area contributed by atoms with Crippen molar-refractivity contribution in [1.82, 2.24) is 0 Å². The van der Waals surface area contributed by atoms with Gasteiger partial charge in [0.1, 0.15) is 0 Å². The molecule has 2 N–H and O–H groups in total. The highest BCUT2D eigenvalue weighted by atomic mass is 19.1. The second-order valence-electron chi connectivity index (χ2n) is 6.57. The van der Waals surface area contributed by atoms with Crippen LogP contribution in [0.3, 0.4) is 0 Å². The van der Waals surface area contributed by atoms with E-state index in [1.807, 2.05) is 30.3 Å². The number of halogens is 1. The van der Waals surface area contributed by atoms with Crippen LogP contribution in [0, 0.1) is 0 Å². The third-order valence-corrected chi connectivity index (χ3v) is 4.64. The maximum Gasteiger partial charge on any atom is 0.493 e. The first kappa shape index (κ1) is 19.9. The zero-order valence-corrected chi connectivity index (χ0v) is 14.9. The quantitative estimate of drug-likeness (QED) is 0.495. The van der Waals surface area contributed by atoms with Crippen molar-refractivity contribution < 1.29 is 19.2 Å². The number of rotatable bonds is 10. The van der Waals surface area contributed by atoms with Gasteiger partial charge < -0.3 is 14.8 Å². The fraction of sp³-hybridized carbons (Fsp3) is 0.500. The fourth-order valence-electron chi connectivity index (χ4n) is 3.04. The first-order chi connectivity index (χ1) is 12.1. The molecule has 1 aromatic carbocycles. The Morgan fingerprint density at radius 3 is 2.40 bits per heavy atom. The SMILES string of the molecule is CCCCCCCCOC1(B(O)O)C=CC(c2ccccc2)=CC1F. The molecule has 1 aliphatic carbocycles. The number of alkyl halides is 1. The first-order valence-corrected chi connectivity index (χ1v) is 9.21. The van der Waals surface area contributed by atoms with Gasteiger partial charge in [0.2, 0.25) is 0 Å². The second-order valence-corrected chi connectivity index (χ2v) is 6.57. The largest absolute Gasteiger partial charge is 0.493 e. The summed E-state index contributed by atoms with van der Waals surface area (Å²) in [5.41, 5.74) is -0.118. The lowest BCUT2D eigenvalue weighted by atomic mass is 9.62. The molecule has 0 aliphatic heterocycles. The molecule has 1 aromatic rings. The highest BCUT2D eigenvalue weighted by molar-refractivity contribution is 6.46. The molecule has 2 unspecified atom stereocenters. The molecule has 0 saturated heterocycles. The molecule has 5 heteroatoms. The van der Waals surface area contributed by atoms with Crippen molar-refractivity contribution in [2.75, 3.05) is 6.61 Å². The number of hydrogen-bond acceptors (Lipinski definition) is 3. The molecule has 0 bridgehead atoms. The van der Waals surface area contributed by atoms with E-state index in [-0.39, 0.29) is 0 Å². The normalized spacial score (nSPS) is 22.7. The van der Waals surface area contributed by atoms with E-state index in [9.17, 15) is 14.4 Å². The van der Waals surface area contributed by atoms with Gasteiger partial charge in [0.15, 0.2) is 11.7 Å². The molecule has 3 nitrogen and oxygen atoms in total. The fourth-order valence-corrected chi connectivity index (χ4v) is 3.04. The van der Waals surface area contributed by atoms with E-state index in [1.54, 1.807) is 6.08 Å². The Labute approximate surface area is 150 Å². The van der Waals surface area contributed by atoms with Crippen LogP contribution < -0.4 is 0 Å². The van der Waals surface area contributed by atoms with Crippen molar-refractivity contribution in [3.05, 3.63) is 54.1 Å². The molecule has 1 aliphatic rings. The minimum atomic E-state index is -1.91. The van der Waals surface area contributed by atoms with Crippen molar-refractivity contribution in [2.24, 2.45) is 0 Å². The van der Waals surface area contributed by atoms with Gasteiger partial charge in [0, 0.05) is 6.61 Å². The molecule has 0 spiro atoms. The highest BCUT2D eigenvalue weighted by Crippen LogP contribution is 2.33. The lowest BCUT2D eigenvalue weighted by Crippen LogP contribution is -2.55. The van der Waals surface area contributed by atoms with E-state index in [1.165, 1.54) is 31.4 Å². The lowest BCUT2D eigenvalue weighted by molar-refractivity contribution is -0.0152. The van der Waals surface area contributed by atoms with E-state index in [2.05, 4.69) is 6.92 Å². The molecule has 0 aromatic heterocycles. The Hall–Kier alpha value is -1.43. The van der Waals surface area contributed by atoms with Gasteiger partial charge in [-0.25, -0.2) is 4.39 Å². The van der Waals surface area contributed by atoms with Crippen LogP contribution in [0.25, 0.3) is 5.57 Å². The van der Waals surface area contributed by atoms with E-state index < -0.39 is 18.8 Å². The molecule has 2 rings (SSSR count). The van der Waals surface area contributed by atoms with Crippen LogP contribution in [0.5, 0.6) is 0 Å². The first-order valence-electron chi connectivity index (χ1n) is 9.21. The van der Waals surface area contributed by atoms with Gasteiger partial charge in [-0.3, -0.25) is 0 Å². The predicted octanol–water partition coefficient (Wildman–Crippen LogP) is 4.11. The number of allylic oxidation sites excluding steroid dienone is 2. The molecular formula is C20H28BFO3. The Bertz CT molecular complexity index is 574. The number of ether oxygens (including phenoxy) is 1. The smallest absolute Gasteiger partial charge is 0.425 e. The minimum absolute atomic E-state index is 0.309. The Morgan fingerprint density at radius 1 is 1.08 bits per heavy atom. The molecule has 0 heterocycles. The van der Waals surface area contributed by atoms with Crippen LogP contribution >= 0.6 is 0 Å². The third kappa shape index (κ3) is 5.27. The number of benzene rings is 1. The third-order valence-electron chi connectivity index (χ3n) is 4.64. The van der Waals surface area contributed by atoms with E-state index >= 15 is 0 Å². The van der Waals surface area contributed by atoms with Crippen molar-refractivity contribution in [3.63, 3.8) is 0 Å². The Morgan fingerprint density at radius 2 is 1.76 bits per heavy atom. The minimum Gasteiger partial charge on any atom is -0.425 e. The van der Waals surface area contributed by atoms with Gasteiger partial charge in [0.05, 0.1) is 0 Å². The summed E-state index contributed by atoms with van der Waals surface area (Å²) in [6.45, 7) is 2.48. The Balaban J connectivity index is 1.94. The highest BCUT2D eigenvalue weighted by Gasteiger charge is 2.49. The van der Waals surface area contributed by atoms with Crippen LogP contribution in [0.2, 0.25) is 0 Å². The molecule has 0 radical (unpaired) electrons. The predicted molar refractivity (Wildman–Crippen MR) is 101 cm³/mol. The molecule has 0 fully saturated rings. The van der Waals surface area contributed by atoms with Crippen molar-refractivity contribution >= 4 is 12.7 Å². The summed E-state index contributed by atoms with van der Waals surface area (Å²) in [5.74, 6) is 0. The summed E-state index contributed by atoms with van der Waals surface area (Å²) in [6.07, 6.45) is 9.45. The van der Waals surface area contributed by atoms with Gasteiger partial charge in [-0.05, 0) is 23.6 Å². The molecule has 2 atom stereocenters. The van der Waals surface area contributed by atoms with Gasteiger partial charge in [0.25, 0.3) is 0 Å². The zero-order chi connectivity index (χ0) is 18.1. The zero-order valence-electron chi connectivity index (χ0n) is 14.9. The monoisotopic (exact) mass is 346 g/mol. The van der Waals surface area contributed by atoms with E-state index in [0.717, 1.165) is 24.8 Å². The number of hydrogen-bond donors (Lipinski definition) is 2. The number of unbranched alkanes of at least 4 members (excludes halogenated alkanes) is 5. The molecule has 0 saturated carbocycles. The summed E-state index contributed by atoms with van der Waals surface area (Å²) in [6, 6.07) is 9.45. The van der Waals surface area contributed by atoms with Gasteiger partial charge in [-0.15, -0.1) is 0 Å². The summed E-state index contributed by atoms with van der Waals surface area (Å²) in [7, 11) is -1.91.